The Labute approximate surface area is 170 Å². The number of rotatable bonds is 2. The first-order valence-electron chi connectivity index (χ1n) is 10.6. The lowest BCUT2D eigenvalue weighted by Gasteiger charge is -2.38. The van der Waals surface area contributed by atoms with Gasteiger partial charge in [-0.3, -0.25) is 0 Å². The summed E-state index contributed by atoms with van der Waals surface area (Å²) in [6.07, 6.45) is 11.7. The van der Waals surface area contributed by atoms with Gasteiger partial charge in [0.05, 0.1) is 19.2 Å². The number of benzene rings is 2. The normalized spacial score (nSPS) is 20.6. The lowest BCUT2D eigenvalue weighted by atomic mass is 9.54. The van der Waals surface area contributed by atoms with Gasteiger partial charge in [-0.2, -0.15) is 0 Å². The number of nitrogens with one attached hydrogen (secondary N) is 1. The van der Waals surface area contributed by atoms with Crippen LogP contribution in [0.15, 0.2) is 52.3 Å². The van der Waals surface area contributed by atoms with E-state index >= 15 is 0 Å². The van der Waals surface area contributed by atoms with E-state index in [9.17, 15) is 0 Å². The van der Waals surface area contributed by atoms with E-state index < -0.39 is 0 Å². The van der Waals surface area contributed by atoms with Crippen LogP contribution in [-0.4, -0.2) is 7.85 Å². The molecule has 1 unspecified atom stereocenters. The quantitative estimate of drug-likeness (QED) is 0.458. The van der Waals surface area contributed by atoms with E-state index in [2.05, 4.69) is 54.7 Å². The fourth-order valence-electron chi connectivity index (χ4n) is 4.61. The van der Waals surface area contributed by atoms with Crippen molar-refractivity contribution >= 4 is 31.0 Å². The van der Waals surface area contributed by atoms with E-state index in [1.54, 1.807) is 0 Å². The molecule has 27 heavy (non-hydrogen) atoms. The Morgan fingerprint density at radius 2 is 1.48 bits per heavy atom. The molecule has 2 aliphatic rings. The number of para-hydroxylation sites is 1. The molecule has 0 bridgehead atoms. The van der Waals surface area contributed by atoms with Crippen molar-refractivity contribution < 1.29 is 0 Å². The molecule has 0 saturated heterocycles. The average molecular weight is 375 g/mol. The Balaban J connectivity index is 1.55. The highest BCUT2D eigenvalue weighted by molar-refractivity contribution is 7.99. The van der Waals surface area contributed by atoms with E-state index in [1.165, 1.54) is 71.7 Å². The lowest BCUT2D eigenvalue weighted by molar-refractivity contribution is 0.365. The third-order valence-corrected chi connectivity index (χ3v) is 7.68. The van der Waals surface area contributed by atoms with Crippen LogP contribution >= 0.6 is 11.8 Å². The minimum absolute atomic E-state index is 0.0781. The van der Waals surface area contributed by atoms with Gasteiger partial charge in [-0.05, 0) is 35.7 Å². The van der Waals surface area contributed by atoms with Crippen molar-refractivity contribution in [1.82, 2.24) is 0 Å². The molecule has 1 saturated carbocycles. The van der Waals surface area contributed by atoms with Gasteiger partial charge in [0.2, 0.25) is 0 Å². The zero-order valence-electron chi connectivity index (χ0n) is 16.5. The summed E-state index contributed by atoms with van der Waals surface area (Å²) in [6, 6.07) is 15.5. The Hall–Kier alpha value is -1.35. The molecule has 2 aromatic carbocycles. The molecule has 2 radical (unpaired) electrons. The van der Waals surface area contributed by atoms with Crippen LogP contribution in [0, 0.1) is 0 Å². The minimum atomic E-state index is -0.0781. The maximum Gasteiger partial charge on any atom is 0.0754 e. The predicted molar refractivity (Wildman–Crippen MR) is 119 cm³/mol. The van der Waals surface area contributed by atoms with Gasteiger partial charge in [0.1, 0.15) is 0 Å². The van der Waals surface area contributed by atoms with Crippen LogP contribution < -0.4 is 5.32 Å². The number of fused-ring (bicyclic) bond motifs is 2. The molecule has 0 spiro atoms. The van der Waals surface area contributed by atoms with Crippen molar-refractivity contribution in [2.24, 2.45) is 0 Å². The van der Waals surface area contributed by atoms with Gasteiger partial charge < -0.3 is 5.32 Å². The SMILES string of the molecule is [B]C1(C(C)c2ccc3c(c2)Nc2ccccc2S3)CCCCCCCCC1. The molecule has 1 heterocycles. The van der Waals surface area contributed by atoms with Crippen molar-refractivity contribution in [3.63, 3.8) is 0 Å². The molecule has 1 fully saturated rings. The lowest BCUT2D eigenvalue weighted by Crippen LogP contribution is -2.21. The smallest absolute Gasteiger partial charge is 0.0754 e. The van der Waals surface area contributed by atoms with E-state index in [0.29, 0.717) is 5.92 Å². The fraction of sp³-hybridized carbons (Fsp3) is 0.500. The molecule has 0 amide bonds. The molecule has 1 atom stereocenters. The largest absolute Gasteiger partial charge is 0.354 e. The van der Waals surface area contributed by atoms with Crippen molar-refractivity contribution in [2.45, 2.75) is 85.7 Å². The van der Waals surface area contributed by atoms with Crippen molar-refractivity contribution in [2.75, 3.05) is 5.32 Å². The Bertz CT molecular complexity index is 778. The van der Waals surface area contributed by atoms with Crippen LogP contribution in [-0.2, 0) is 0 Å². The van der Waals surface area contributed by atoms with E-state index in [0.717, 1.165) is 12.8 Å². The topological polar surface area (TPSA) is 12.0 Å². The van der Waals surface area contributed by atoms with Crippen LogP contribution in [0.5, 0.6) is 0 Å². The maximum atomic E-state index is 7.05. The summed E-state index contributed by atoms with van der Waals surface area (Å²) >= 11 is 1.86. The molecule has 4 rings (SSSR count). The molecular formula is C24H30BNS. The summed E-state index contributed by atoms with van der Waals surface area (Å²) in [4.78, 5) is 2.61. The molecule has 2 aromatic rings. The number of anilines is 2. The van der Waals surface area contributed by atoms with Gasteiger partial charge in [-0.1, -0.05) is 100.0 Å². The molecular weight excluding hydrogens is 345 g/mol. The Kier molecular flexibility index (Phi) is 5.87. The summed E-state index contributed by atoms with van der Waals surface area (Å²) in [5.41, 5.74) is 3.81. The predicted octanol–water partition coefficient (Wildman–Crippen LogP) is 7.85. The highest BCUT2D eigenvalue weighted by Crippen LogP contribution is 2.51. The van der Waals surface area contributed by atoms with Crippen LogP contribution in [0.4, 0.5) is 11.4 Å². The van der Waals surface area contributed by atoms with Gasteiger partial charge in [0.25, 0.3) is 0 Å². The highest BCUT2D eigenvalue weighted by Gasteiger charge is 2.31. The van der Waals surface area contributed by atoms with Crippen molar-refractivity contribution in [3.05, 3.63) is 48.0 Å². The first-order chi connectivity index (χ1) is 13.2. The zero-order chi connectivity index (χ0) is 18.7. The first-order valence-corrected chi connectivity index (χ1v) is 11.4. The second-order valence-electron chi connectivity index (χ2n) is 8.41. The van der Waals surface area contributed by atoms with Crippen LogP contribution in [0.1, 0.15) is 76.2 Å². The fourth-order valence-corrected chi connectivity index (χ4v) is 5.58. The van der Waals surface area contributed by atoms with Crippen LogP contribution in [0.3, 0.4) is 0 Å². The summed E-state index contributed by atoms with van der Waals surface area (Å²) in [5.74, 6) is 0.381. The summed E-state index contributed by atoms with van der Waals surface area (Å²) in [7, 11) is 7.05. The standard InChI is InChI=1S/C24H30BNS/c1-18(24(25)15-9-5-3-2-4-6-10-16-24)19-13-14-23-21(17-19)26-20-11-7-8-12-22(20)27-23/h7-8,11-14,17-18,26H,2-6,9-10,15-16H2,1H3. The van der Waals surface area contributed by atoms with Gasteiger partial charge in [-0.15, -0.1) is 0 Å². The van der Waals surface area contributed by atoms with Gasteiger partial charge in [0.15, 0.2) is 0 Å². The monoisotopic (exact) mass is 375 g/mol. The molecule has 1 N–H and O–H groups in total. The minimum Gasteiger partial charge on any atom is -0.354 e. The molecule has 3 heteroatoms. The Morgan fingerprint density at radius 1 is 0.852 bits per heavy atom. The Morgan fingerprint density at radius 3 is 2.22 bits per heavy atom. The molecule has 1 nitrogen and oxygen atoms in total. The molecule has 1 aliphatic heterocycles. The number of hydrogen-bond acceptors (Lipinski definition) is 2. The summed E-state index contributed by atoms with van der Waals surface area (Å²) < 4.78 is 0. The molecule has 1 aliphatic carbocycles. The van der Waals surface area contributed by atoms with Gasteiger partial charge in [0, 0.05) is 9.79 Å². The third kappa shape index (κ3) is 4.24. The third-order valence-electron chi connectivity index (χ3n) is 6.53. The van der Waals surface area contributed by atoms with E-state index in [1.807, 2.05) is 11.8 Å². The van der Waals surface area contributed by atoms with Crippen molar-refractivity contribution in [1.29, 1.82) is 0 Å². The van der Waals surface area contributed by atoms with E-state index in [4.69, 9.17) is 7.85 Å². The van der Waals surface area contributed by atoms with E-state index in [-0.39, 0.29) is 5.31 Å². The van der Waals surface area contributed by atoms with Gasteiger partial charge in [-0.25, -0.2) is 0 Å². The van der Waals surface area contributed by atoms with Gasteiger partial charge >= 0.3 is 0 Å². The average Bonchev–Trinajstić information content (AvgIpc) is 2.70. The number of hydrogen-bond donors (Lipinski definition) is 1. The summed E-state index contributed by atoms with van der Waals surface area (Å²) in [5, 5.41) is 3.55. The zero-order valence-corrected chi connectivity index (χ0v) is 17.3. The second-order valence-corrected chi connectivity index (χ2v) is 9.49. The van der Waals surface area contributed by atoms with Crippen molar-refractivity contribution in [3.8, 4) is 0 Å². The highest BCUT2D eigenvalue weighted by atomic mass is 32.2. The van der Waals surface area contributed by atoms with Crippen LogP contribution in [0.25, 0.3) is 0 Å². The van der Waals surface area contributed by atoms with Crippen LogP contribution in [0.2, 0.25) is 5.31 Å². The first kappa shape index (κ1) is 19.0. The summed E-state index contributed by atoms with van der Waals surface area (Å²) in [6.45, 7) is 2.34. The molecule has 0 aromatic heterocycles. The maximum absolute atomic E-state index is 7.05. The second kappa shape index (κ2) is 8.35. The molecule has 140 valence electrons.